The molecule has 1 aliphatic heterocycles. The van der Waals surface area contributed by atoms with E-state index in [0.717, 1.165) is 32.9 Å². The number of nitrogens with one attached hydrogen (secondary N) is 1. The summed E-state index contributed by atoms with van der Waals surface area (Å²) in [4.78, 5) is 3.27. The molecule has 0 aliphatic carbocycles. The average molecular weight is 392 g/mol. The van der Waals surface area contributed by atoms with E-state index in [1.807, 2.05) is 24.4 Å². The summed E-state index contributed by atoms with van der Waals surface area (Å²) in [5, 5.41) is 15.1. The van der Waals surface area contributed by atoms with Crippen LogP contribution in [0.3, 0.4) is 0 Å². The SMILES string of the molecule is NC(Cc1c[nH]c2ccccc12)c1nnc2n1N=C(c1ccc(F)cc1)CS2. The van der Waals surface area contributed by atoms with Gasteiger partial charge in [-0.15, -0.1) is 10.2 Å². The molecule has 140 valence electrons. The van der Waals surface area contributed by atoms with Gasteiger partial charge >= 0.3 is 0 Å². The number of hydrogen-bond acceptors (Lipinski definition) is 5. The Balaban J connectivity index is 1.46. The normalized spacial score (nSPS) is 14.7. The van der Waals surface area contributed by atoms with Crippen molar-refractivity contribution >= 4 is 28.4 Å². The van der Waals surface area contributed by atoms with Gasteiger partial charge in [-0.05, 0) is 35.7 Å². The van der Waals surface area contributed by atoms with Crippen molar-refractivity contribution < 1.29 is 4.39 Å². The Labute approximate surface area is 164 Å². The summed E-state index contributed by atoms with van der Waals surface area (Å²) in [6, 6.07) is 14.1. The summed E-state index contributed by atoms with van der Waals surface area (Å²) in [6.45, 7) is 0. The van der Waals surface area contributed by atoms with E-state index in [4.69, 9.17) is 10.8 Å². The van der Waals surface area contributed by atoms with Crippen molar-refractivity contribution in [1.82, 2.24) is 19.9 Å². The number of para-hydroxylation sites is 1. The fourth-order valence-electron chi connectivity index (χ4n) is 3.39. The molecule has 3 N–H and O–H groups in total. The van der Waals surface area contributed by atoms with Crippen LogP contribution in [0.1, 0.15) is 23.0 Å². The second-order valence-electron chi connectivity index (χ2n) is 6.66. The molecular formula is C20H17FN6S. The van der Waals surface area contributed by atoms with Gasteiger partial charge in [0.05, 0.1) is 11.8 Å². The molecule has 0 spiro atoms. The van der Waals surface area contributed by atoms with Gasteiger partial charge in [0.25, 0.3) is 0 Å². The van der Waals surface area contributed by atoms with Crippen molar-refractivity contribution in [2.24, 2.45) is 10.8 Å². The van der Waals surface area contributed by atoms with Gasteiger partial charge in [0.1, 0.15) is 5.82 Å². The number of benzene rings is 2. The molecule has 4 aromatic rings. The van der Waals surface area contributed by atoms with Crippen molar-refractivity contribution in [3.8, 4) is 0 Å². The lowest BCUT2D eigenvalue weighted by Crippen LogP contribution is -2.21. The maximum Gasteiger partial charge on any atom is 0.212 e. The standard InChI is InChI=1S/C20H17FN6S/c21-14-7-5-12(6-8-14)18-11-28-20-25-24-19(27(20)26-18)16(22)9-13-10-23-17-4-2-1-3-15(13)17/h1-8,10,16,23H,9,11,22H2. The van der Waals surface area contributed by atoms with Gasteiger partial charge in [0, 0.05) is 22.9 Å². The van der Waals surface area contributed by atoms with Crippen molar-refractivity contribution in [2.45, 2.75) is 17.6 Å². The third kappa shape index (κ3) is 3.00. The van der Waals surface area contributed by atoms with E-state index in [0.29, 0.717) is 18.0 Å². The summed E-state index contributed by atoms with van der Waals surface area (Å²) in [5.41, 5.74) is 10.4. The van der Waals surface area contributed by atoms with Crippen LogP contribution in [0.2, 0.25) is 0 Å². The highest BCUT2D eigenvalue weighted by Crippen LogP contribution is 2.28. The minimum atomic E-state index is -0.350. The Bertz CT molecular complexity index is 1180. The number of H-pyrrole nitrogens is 1. The van der Waals surface area contributed by atoms with Gasteiger partial charge in [-0.3, -0.25) is 0 Å². The van der Waals surface area contributed by atoms with Crippen LogP contribution in [0.5, 0.6) is 0 Å². The van der Waals surface area contributed by atoms with Crippen LogP contribution in [-0.2, 0) is 6.42 Å². The Morgan fingerprint density at radius 3 is 2.82 bits per heavy atom. The number of nitrogens with two attached hydrogens (primary N) is 1. The lowest BCUT2D eigenvalue weighted by atomic mass is 10.1. The van der Waals surface area contributed by atoms with Crippen LogP contribution in [-0.4, -0.2) is 31.3 Å². The predicted molar refractivity (Wildman–Crippen MR) is 108 cm³/mol. The fourth-order valence-corrected chi connectivity index (χ4v) is 4.23. The smallest absolute Gasteiger partial charge is 0.212 e. The van der Waals surface area contributed by atoms with Gasteiger partial charge in [-0.2, -0.15) is 9.78 Å². The summed E-state index contributed by atoms with van der Waals surface area (Å²) < 4.78 is 14.9. The summed E-state index contributed by atoms with van der Waals surface area (Å²) in [5.74, 6) is 1.01. The summed E-state index contributed by atoms with van der Waals surface area (Å²) in [7, 11) is 0. The van der Waals surface area contributed by atoms with Gasteiger partial charge in [-0.25, -0.2) is 4.39 Å². The second kappa shape index (κ2) is 6.88. The number of fused-ring (bicyclic) bond motifs is 2. The zero-order valence-electron chi connectivity index (χ0n) is 14.8. The van der Waals surface area contributed by atoms with Crippen LogP contribution < -0.4 is 5.73 Å². The molecule has 5 rings (SSSR count). The first kappa shape index (κ1) is 17.2. The van der Waals surface area contributed by atoms with Crippen LogP contribution in [0, 0.1) is 5.82 Å². The van der Waals surface area contributed by atoms with Gasteiger partial charge in [0.15, 0.2) is 5.82 Å². The predicted octanol–water partition coefficient (Wildman–Crippen LogP) is 3.50. The second-order valence-corrected chi connectivity index (χ2v) is 7.61. The van der Waals surface area contributed by atoms with E-state index < -0.39 is 0 Å². The van der Waals surface area contributed by atoms with E-state index >= 15 is 0 Å². The van der Waals surface area contributed by atoms with Gasteiger partial charge in [0.2, 0.25) is 5.16 Å². The highest BCUT2D eigenvalue weighted by Gasteiger charge is 2.24. The van der Waals surface area contributed by atoms with Crippen LogP contribution in [0.15, 0.2) is 65.0 Å². The van der Waals surface area contributed by atoms with Gasteiger partial charge < -0.3 is 10.7 Å². The molecule has 3 heterocycles. The number of aromatic amines is 1. The molecule has 0 fully saturated rings. The molecule has 8 heteroatoms. The lowest BCUT2D eigenvalue weighted by molar-refractivity contribution is 0.607. The molecule has 0 saturated carbocycles. The number of hydrogen-bond donors (Lipinski definition) is 2. The molecule has 0 radical (unpaired) electrons. The number of nitrogens with zero attached hydrogens (tertiary/aromatic N) is 4. The van der Waals surface area contributed by atoms with Crippen LogP contribution in [0.4, 0.5) is 4.39 Å². The Morgan fingerprint density at radius 2 is 1.96 bits per heavy atom. The molecule has 2 aromatic carbocycles. The van der Waals surface area contributed by atoms with Crippen molar-refractivity contribution in [1.29, 1.82) is 0 Å². The lowest BCUT2D eigenvalue weighted by Gasteiger charge is -2.16. The molecule has 1 atom stereocenters. The Morgan fingerprint density at radius 1 is 1.14 bits per heavy atom. The minimum absolute atomic E-state index is 0.265. The van der Waals surface area contributed by atoms with E-state index in [1.165, 1.54) is 12.1 Å². The molecule has 0 bridgehead atoms. The van der Waals surface area contributed by atoms with E-state index in [2.05, 4.69) is 21.2 Å². The van der Waals surface area contributed by atoms with Crippen molar-refractivity contribution in [2.75, 3.05) is 5.75 Å². The number of thioether (sulfide) groups is 1. The van der Waals surface area contributed by atoms with E-state index in [9.17, 15) is 4.39 Å². The number of halogens is 1. The Hall–Kier alpha value is -2.97. The van der Waals surface area contributed by atoms with Crippen LogP contribution in [0.25, 0.3) is 10.9 Å². The third-order valence-corrected chi connectivity index (χ3v) is 5.75. The van der Waals surface area contributed by atoms with Crippen LogP contribution >= 0.6 is 11.8 Å². The first-order chi connectivity index (χ1) is 13.7. The topological polar surface area (TPSA) is 84.9 Å². The minimum Gasteiger partial charge on any atom is -0.361 e. The largest absolute Gasteiger partial charge is 0.361 e. The van der Waals surface area contributed by atoms with Gasteiger partial charge in [-0.1, -0.05) is 42.1 Å². The molecule has 6 nitrogen and oxygen atoms in total. The highest BCUT2D eigenvalue weighted by molar-refractivity contribution is 7.99. The molecule has 0 saturated heterocycles. The first-order valence-electron chi connectivity index (χ1n) is 8.91. The summed E-state index contributed by atoms with van der Waals surface area (Å²) in [6.07, 6.45) is 2.61. The zero-order chi connectivity index (χ0) is 19.1. The average Bonchev–Trinajstić information content (AvgIpc) is 3.32. The molecule has 1 unspecified atom stereocenters. The monoisotopic (exact) mass is 392 g/mol. The molecule has 2 aromatic heterocycles. The van der Waals surface area contributed by atoms with E-state index in [1.54, 1.807) is 28.6 Å². The summed E-state index contributed by atoms with van der Waals surface area (Å²) >= 11 is 1.55. The molecule has 0 amide bonds. The Kier molecular flexibility index (Phi) is 4.22. The zero-order valence-corrected chi connectivity index (χ0v) is 15.7. The number of rotatable bonds is 4. The first-order valence-corrected chi connectivity index (χ1v) is 9.90. The maximum atomic E-state index is 13.2. The molecular weight excluding hydrogens is 375 g/mol. The fraction of sp³-hybridized carbons (Fsp3) is 0.150. The molecule has 28 heavy (non-hydrogen) atoms. The van der Waals surface area contributed by atoms with Crippen molar-refractivity contribution in [3.05, 3.63) is 77.5 Å². The van der Waals surface area contributed by atoms with E-state index in [-0.39, 0.29) is 11.9 Å². The number of aromatic nitrogens is 4. The highest BCUT2D eigenvalue weighted by atomic mass is 32.2. The molecule has 1 aliphatic rings. The van der Waals surface area contributed by atoms with Crippen molar-refractivity contribution in [3.63, 3.8) is 0 Å². The quantitative estimate of drug-likeness (QED) is 0.557. The third-order valence-electron chi connectivity index (χ3n) is 4.82. The maximum absolute atomic E-state index is 13.2.